The van der Waals surface area contributed by atoms with Crippen LogP contribution in [-0.2, 0) is 6.54 Å². The van der Waals surface area contributed by atoms with Crippen molar-refractivity contribution in [1.82, 2.24) is 9.80 Å². The molecule has 130 valence electrons. The number of nitrogens with zero attached hydrogens (tertiary/aromatic N) is 2. The number of thiocarbonyl (C=S) groups is 1. The fourth-order valence-electron chi connectivity index (χ4n) is 2.21. The summed E-state index contributed by atoms with van der Waals surface area (Å²) in [6.07, 6.45) is 0.937. The SMILES string of the molecule is CN(C)CCCN(Cc1cccs1)C(=S)Nc1ccc(F)cc1F. The number of rotatable bonds is 7. The van der Waals surface area contributed by atoms with Crippen molar-refractivity contribution in [1.29, 1.82) is 0 Å². The van der Waals surface area contributed by atoms with Crippen LogP contribution >= 0.6 is 23.6 Å². The van der Waals surface area contributed by atoms with Gasteiger partial charge in [-0.1, -0.05) is 6.07 Å². The maximum Gasteiger partial charge on any atom is 0.173 e. The Balaban J connectivity index is 2.04. The lowest BCUT2D eigenvalue weighted by atomic mass is 10.3. The summed E-state index contributed by atoms with van der Waals surface area (Å²) in [5.41, 5.74) is 0.185. The van der Waals surface area contributed by atoms with Crippen LogP contribution in [0.4, 0.5) is 14.5 Å². The quantitative estimate of drug-likeness (QED) is 0.738. The van der Waals surface area contributed by atoms with Gasteiger partial charge in [0.15, 0.2) is 5.11 Å². The molecule has 1 aromatic heterocycles. The Morgan fingerprint density at radius 3 is 2.62 bits per heavy atom. The fraction of sp³-hybridized carbons (Fsp3) is 0.353. The van der Waals surface area contributed by atoms with Crippen molar-refractivity contribution in [3.8, 4) is 0 Å². The summed E-state index contributed by atoms with van der Waals surface area (Å²) in [7, 11) is 4.04. The standard InChI is InChI=1S/C17H21F2N3S2/c1-21(2)8-4-9-22(12-14-5-3-10-24-14)17(23)20-16-7-6-13(18)11-15(16)19/h3,5-7,10-11H,4,8-9,12H2,1-2H3,(H,20,23). The molecule has 0 bridgehead atoms. The molecule has 1 N–H and O–H groups in total. The van der Waals surface area contributed by atoms with Crippen LogP contribution in [0.2, 0.25) is 0 Å². The monoisotopic (exact) mass is 369 g/mol. The molecule has 0 spiro atoms. The number of hydrogen-bond acceptors (Lipinski definition) is 3. The Hall–Kier alpha value is -1.57. The van der Waals surface area contributed by atoms with Crippen LogP contribution in [0.5, 0.6) is 0 Å². The number of thiophene rings is 1. The van der Waals surface area contributed by atoms with Crippen molar-refractivity contribution in [2.24, 2.45) is 0 Å². The maximum atomic E-state index is 13.8. The highest BCUT2D eigenvalue weighted by Crippen LogP contribution is 2.18. The molecule has 0 aliphatic carbocycles. The zero-order valence-corrected chi connectivity index (χ0v) is 15.4. The molecule has 0 aliphatic heterocycles. The van der Waals surface area contributed by atoms with Crippen LogP contribution in [0.25, 0.3) is 0 Å². The molecule has 2 rings (SSSR count). The average molecular weight is 370 g/mol. The topological polar surface area (TPSA) is 18.5 Å². The van der Waals surface area contributed by atoms with Gasteiger partial charge in [0.05, 0.1) is 12.2 Å². The van der Waals surface area contributed by atoms with E-state index in [0.29, 0.717) is 11.7 Å². The summed E-state index contributed by atoms with van der Waals surface area (Å²) in [6, 6.07) is 7.46. The first-order chi connectivity index (χ1) is 11.5. The average Bonchev–Trinajstić information content (AvgIpc) is 3.01. The maximum absolute atomic E-state index is 13.8. The van der Waals surface area contributed by atoms with E-state index in [9.17, 15) is 8.78 Å². The second kappa shape index (κ2) is 9.05. The van der Waals surface area contributed by atoms with E-state index in [1.807, 2.05) is 36.5 Å². The normalized spacial score (nSPS) is 10.9. The first kappa shape index (κ1) is 18.8. The first-order valence-electron chi connectivity index (χ1n) is 7.64. The molecule has 1 heterocycles. The molecule has 7 heteroatoms. The van der Waals surface area contributed by atoms with Crippen LogP contribution in [0.3, 0.4) is 0 Å². The van der Waals surface area contributed by atoms with Crippen LogP contribution in [0.15, 0.2) is 35.7 Å². The van der Waals surface area contributed by atoms with Gasteiger partial charge in [-0.15, -0.1) is 11.3 Å². The fourth-order valence-corrected chi connectivity index (χ4v) is 3.19. The summed E-state index contributed by atoms with van der Waals surface area (Å²) in [6.45, 7) is 2.36. The van der Waals surface area contributed by atoms with Gasteiger partial charge in [0.25, 0.3) is 0 Å². The zero-order chi connectivity index (χ0) is 17.5. The van der Waals surface area contributed by atoms with E-state index in [1.165, 1.54) is 17.0 Å². The molecule has 1 aromatic carbocycles. The molecule has 24 heavy (non-hydrogen) atoms. The smallest absolute Gasteiger partial charge is 0.173 e. The predicted octanol–water partition coefficient (Wildman–Crippen LogP) is 4.18. The highest BCUT2D eigenvalue weighted by molar-refractivity contribution is 7.80. The number of nitrogens with one attached hydrogen (secondary N) is 1. The van der Waals surface area contributed by atoms with E-state index in [0.717, 1.165) is 25.6 Å². The highest BCUT2D eigenvalue weighted by atomic mass is 32.1. The third-order valence-electron chi connectivity index (χ3n) is 3.42. The van der Waals surface area contributed by atoms with Crippen LogP contribution in [-0.4, -0.2) is 42.1 Å². The molecule has 0 aliphatic rings. The summed E-state index contributed by atoms with van der Waals surface area (Å²) in [5, 5.41) is 5.35. The molecular weight excluding hydrogens is 348 g/mol. The minimum Gasteiger partial charge on any atom is -0.344 e. The van der Waals surface area contributed by atoms with Crippen LogP contribution in [0.1, 0.15) is 11.3 Å². The van der Waals surface area contributed by atoms with Gasteiger partial charge in [0, 0.05) is 17.5 Å². The van der Waals surface area contributed by atoms with E-state index < -0.39 is 11.6 Å². The molecule has 2 aromatic rings. The van der Waals surface area contributed by atoms with Gasteiger partial charge in [0.1, 0.15) is 11.6 Å². The van der Waals surface area contributed by atoms with Crippen molar-refractivity contribution >= 4 is 34.4 Å². The van der Waals surface area contributed by atoms with Gasteiger partial charge in [-0.25, -0.2) is 8.78 Å². The van der Waals surface area contributed by atoms with Crippen LogP contribution in [0, 0.1) is 11.6 Å². The molecule has 0 saturated heterocycles. The van der Waals surface area contributed by atoms with Gasteiger partial charge < -0.3 is 15.1 Å². The van der Waals surface area contributed by atoms with E-state index >= 15 is 0 Å². The van der Waals surface area contributed by atoms with Crippen LogP contribution < -0.4 is 5.32 Å². The summed E-state index contributed by atoms with van der Waals surface area (Å²) in [5.74, 6) is -1.26. The van der Waals surface area contributed by atoms with Crippen molar-refractivity contribution in [3.63, 3.8) is 0 Å². The molecule has 0 saturated carbocycles. The van der Waals surface area contributed by atoms with Crippen molar-refractivity contribution < 1.29 is 8.78 Å². The van der Waals surface area contributed by atoms with Gasteiger partial charge in [-0.2, -0.15) is 0 Å². The lowest BCUT2D eigenvalue weighted by molar-refractivity contribution is 0.347. The summed E-state index contributed by atoms with van der Waals surface area (Å²) >= 11 is 7.10. The Kier molecular flexibility index (Phi) is 7.08. The summed E-state index contributed by atoms with van der Waals surface area (Å²) < 4.78 is 26.8. The highest BCUT2D eigenvalue weighted by Gasteiger charge is 2.13. The second-order valence-electron chi connectivity index (χ2n) is 5.71. The van der Waals surface area contributed by atoms with Gasteiger partial charge >= 0.3 is 0 Å². The summed E-state index contributed by atoms with van der Waals surface area (Å²) in [4.78, 5) is 5.30. The van der Waals surface area contributed by atoms with E-state index in [4.69, 9.17) is 12.2 Å². The third kappa shape index (κ3) is 5.81. The zero-order valence-electron chi connectivity index (χ0n) is 13.8. The second-order valence-corrected chi connectivity index (χ2v) is 7.13. The Labute approximate surface area is 150 Å². The molecule has 0 atom stereocenters. The molecule has 0 radical (unpaired) electrons. The minimum absolute atomic E-state index is 0.185. The molecular formula is C17H21F2N3S2. The third-order valence-corrected chi connectivity index (χ3v) is 4.64. The van der Waals surface area contributed by atoms with Crippen molar-refractivity contribution in [2.75, 3.05) is 32.5 Å². The number of hydrogen-bond donors (Lipinski definition) is 1. The minimum atomic E-state index is -0.651. The Morgan fingerprint density at radius 2 is 2.00 bits per heavy atom. The largest absolute Gasteiger partial charge is 0.344 e. The Morgan fingerprint density at radius 1 is 1.21 bits per heavy atom. The van der Waals surface area contributed by atoms with E-state index in [2.05, 4.69) is 10.2 Å². The van der Waals surface area contributed by atoms with E-state index in [-0.39, 0.29) is 5.69 Å². The first-order valence-corrected chi connectivity index (χ1v) is 8.92. The number of anilines is 1. The Bertz CT molecular complexity index is 660. The van der Waals surface area contributed by atoms with E-state index in [1.54, 1.807) is 11.3 Å². The molecule has 3 nitrogen and oxygen atoms in total. The lowest BCUT2D eigenvalue weighted by Gasteiger charge is -2.26. The van der Waals surface area contributed by atoms with Crippen molar-refractivity contribution in [2.45, 2.75) is 13.0 Å². The van der Waals surface area contributed by atoms with Gasteiger partial charge in [-0.05, 0) is 62.9 Å². The van der Waals surface area contributed by atoms with Gasteiger partial charge in [-0.3, -0.25) is 0 Å². The van der Waals surface area contributed by atoms with Gasteiger partial charge in [0.2, 0.25) is 0 Å². The lowest BCUT2D eigenvalue weighted by Crippen LogP contribution is -2.36. The number of halogens is 2. The number of benzene rings is 1. The molecule has 0 unspecified atom stereocenters. The molecule has 0 fully saturated rings. The molecule has 0 amide bonds. The van der Waals surface area contributed by atoms with Crippen molar-refractivity contribution in [3.05, 3.63) is 52.2 Å². The predicted molar refractivity (Wildman–Crippen MR) is 100 cm³/mol.